The van der Waals surface area contributed by atoms with Crippen LogP contribution in [-0.4, -0.2) is 57.4 Å². The van der Waals surface area contributed by atoms with E-state index in [1.165, 1.54) is 70.0 Å². The Bertz CT molecular complexity index is 978. The van der Waals surface area contributed by atoms with Crippen LogP contribution >= 0.6 is 0 Å². The quantitative estimate of drug-likeness (QED) is 0.201. The van der Waals surface area contributed by atoms with Crippen LogP contribution < -0.4 is 4.74 Å². The van der Waals surface area contributed by atoms with Gasteiger partial charge in [0.05, 0.1) is 6.61 Å². The van der Waals surface area contributed by atoms with Crippen molar-refractivity contribution in [3.05, 3.63) is 53.6 Å². The van der Waals surface area contributed by atoms with E-state index in [-0.39, 0.29) is 22.8 Å². The molecule has 0 amide bonds. The van der Waals surface area contributed by atoms with Crippen LogP contribution in [0.4, 0.5) is 0 Å². The Balaban J connectivity index is 1.17. The molecule has 0 radical (unpaired) electrons. The zero-order chi connectivity index (χ0) is 26.8. The molecule has 1 saturated heterocycles. The smallest absolute Gasteiger partial charge is 0.126 e. The van der Waals surface area contributed by atoms with E-state index in [1.54, 1.807) is 24.3 Å². The monoisotopic (exact) mass is 541 g/mol. The molecule has 1 fully saturated rings. The topological polar surface area (TPSA) is 76.0 Å². The third kappa shape index (κ3) is 8.06. The Kier molecular flexibility index (Phi) is 11.1. The minimum Gasteiger partial charge on any atom is -0.616 e. The first kappa shape index (κ1) is 29.1. The Morgan fingerprint density at radius 1 is 0.868 bits per heavy atom. The van der Waals surface area contributed by atoms with Crippen LogP contribution in [0.5, 0.6) is 17.2 Å². The highest BCUT2D eigenvalue weighted by molar-refractivity contribution is 7.91. The second-order valence-corrected chi connectivity index (χ2v) is 13.2. The average molecular weight is 542 g/mol. The number of phenolic OH excluding ortho intramolecular Hbond substituents is 2. The van der Waals surface area contributed by atoms with Gasteiger partial charge < -0.3 is 19.5 Å². The second-order valence-electron chi connectivity index (χ2n) is 11.5. The standard InChI is InChI=1S/C32H47NO4S/c1-32(26-13-15-27(34)16-14-26)25-37-31-24-28(35)17-18-29(31)30(32)12-8-5-3-2-4-6-11-22-38(36)23-21-33-19-9-7-10-20-33/h13-18,24,30,34-35H,2-12,19-23,25H2,1H3. The van der Waals surface area contributed by atoms with Gasteiger partial charge in [-0.05, 0) is 74.5 Å². The molecule has 5 nitrogen and oxygen atoms in total. The summed E-state index contributed by atoms with van der Waals surface area (Å²) in [5, 5.41) is 19.8. The van der Waals surface area contributed by atoms with Crippen molar-refractivity contribution < 1.29 is 19.5 Å². The number of aromatic hydroxyl groups is 2. The molecule has 0 aliphatic carbocycles. The highest BCUT2D eigenvalue weighted by Gasteiger charge is 2.42. The first-order chi connectivity index (χ1) is 18.5. The molecule has 0 bridgehead atoms. The van der Waals surface area contributed by atoms with Crippen LogP contribution in [0.2, 0.25) is 0 Å². The van der Waals surface area contributed by atoms with Gasteiger partial charge in [0.15, 0.2) is 0 Å². The number of hydrogen-bond donors (Lipinski definition) is 2. The van der Waals surface area contributed by atoms with Crippen molar-refractivity contribution in [2.75, 3.05) is 37.7 Å². The van der Waals surface area contributed by atoms with E-state index >= 15 is 0 Å². The zero-order valence-electron chi connectivity index (χ0n) is 23.2. The largest absolute Gasteiger partial charge is 0.616 e. The molecule has 2 aliphatic heterocycles. The van der Waals surface area contributed by atoms with E-state index < -0.39 is 11.2 Å². The van der Waals surface area contributed by atoms with E-state index in [1.807, 2.05) is 18.2 Å². The summed E-state index contributed by atoms with van der Waals surface area (Å²) >= 11 is -0.661. The summed E-state index contributed by atoms with van der Waals surface area (Å²) in [5.41, 5.74) is 2.15. The van der Waals surface area contributed by atoms with Crippen LogP contribution in [0.15, 0.2) is 42.5 Å². The van der Waals surface area contributed by atoms with Gasteiger partial charge in [-0.2, -0.15) is 0 Å². The van der Waals surface area contributed by atoms with E-state index in [9.17, 15) is 14.8 Å². The van der Waals surface area contributed by atoms with Crippen molar-refractivity contribution in [3.63, 3.8) is 0 Å². The highest BCUT2D eigenvalue weighted by atomic mass is 32.2. The molecule has 0 saturated carbocycles. The van der Waals surface area contributed by atoms with Crippen molar-refractivity contribution in [1.82, 2.24) is 4.90 Å². The molecule has 2 aromatic carbocycles. The van der Waals surface area contributed by atoms with E-state index in [0.29, 0.717) is 6.61 Å². The number of hydrogen-bond acceptors (Lipinski definition) is 5. The van der Waals surface area contributed by atoms with Gasteiger partial charge in [-0.1, -0.05) is 74.8 Å². The Hall–Kier alpha value is -1.89. The van der Waals surface area contributed by atoms with Crippen LogP contribution in [0.25, 0.3) is 0 Å². The van der Waals surface area contributed by atoms with Crippen molar-refractivity contribution >= 4 is 11.2 Å². The van der Waals surface area contributed by atoms with Gasteiger partial charge in [0, 0.05) is 23.9 Å². The fourth-order valence-corrected chi connectivity index (χ4v) is 7.41. The maximum Gasteiger partial charge on any atom is 0.126 e. The highest BCUT2D eigenvalue weighted by Crippen LogP contribution is 2.49. The number of ether oxygens (including phenoxy) is 1. The number of unbranched alkanes of at least 4 members (excludes halogenated alkanes) is 6. The summed E-state index contributed by atoms with van der Waals surface area (Å²) in [6, 6.07) is 13.1. The van der Waals surface area contributed by atoms with Gasteiger partial charge in [0.1, 0.15) is 28.8 Å². The minimum absolute atomic E-state index is 0.193. The molecule has 38 heavy (non-hydrogen) atoms. The molecule has 3 atom stereocenters. The lowest BCUT2D eigenvalue weighted by Gasteiger charge is -2.43. The number of phenols is 2. The molecular formula is C32H47NO4S. The molecule has 2 aliphatic rings. The molecule has 6 heteroatoms. The predicted molar refractivity (Wildman–Crippen MR) is 157 cm³/mol. The van der Waals surface area contributed by atoms with Gasteiger partial charge in [-0.15, -0.1) is 0 Å². The molecule has 3 unspecified atom stereocenters. The normalized spacial score (nSPS) is 22.5. The average Bonchev–Trinajstić information content (AvgIpc) is 2.93. The fourth-order valence-electron chi connectivity index (χ4n) is 6.22. The lowest BCUT2D eigenvalue weighted by Crippen LogP contribution is -2.40. The Morgan fingerprint density at radius 2 is 1.53 bits per heavy atom. The summed E-state index contributed by atoms with van der Waals surface area (Å²) in [6.07, 6.45) is 13.4. The summed E-state index contributed by atoms with van der Waals surface area (Å²) in [4.78, 5) is 2.48. The third-order valence-corrected chi connectivity index (χ3v) is 10.0. The summed E-state index contributed by atoms with van der Waals surface area (Å²) < 4.78 is 18.5. The molecule has 0 spiro atoms. The molecule has 2 aromatic rings. The summed E-state index contributed by atoms with van der Waals surface area (Å²) in [5.74, 6) is 3.30. The predicted octanol–water partition coefficient (Wildman–Crippen LogP) is 6.89. The first-order valence-corrected chi connectivity index (χ1v) is 16.3. The summed E-state index contributed by atoms with van der Waals surface area (Å²) in [7, 11) is 0. The maximum absolute atomic E-state index is 12.3. The number of likely N-dealkylation sites (tertiary alicyclic amines) is 1. The molecule has 0 aromatic heterocycles. The number of piperidine rings is 1. The van der Waals surface area contributed by atoms with E-state index in [4.69, 9.17) is 4.74 Å². The van der Waals surface area contributed by atoms with Crippen molar-refractivity contribution in [3.8, 4) is 17.2 Å². The van der Waals surface area contributed by atoms with Crippen molar-refractivity contribution in [2.45, 2.75) is 88.9 Å². The SMILES string of the molecule is CC1(c2ccc(O)cc2)COc2cc(O)ccc2C1CCCCCCCCC[S+]([O-])CCN1CCCCC1. The fraction of sp³-hybridized carbons (Fsp3) is 0.625. The number of benzene rings is 2. The summed E-state index contributed by atoms with van der Waals surface area (Å²) in [6.45, 7) is 6.21. The zero-order valence-corrected chi connectivity index (χ0v) is 24.0. The van der Waals surface area contributed by atoms with Crippen LogP contribution in [0.3, 0.4) is 0 Å². The van der Waals surface area contributed by atoms with E-state index in [2.05, 4.69) is 11.8 Å². The van der Waals surface area contributed by atoms with Gasteiger partial charge in [0.2, 0.25) is 0 Å². The van der Waals surface area contributed by atoms with Crippen molar-refractivity contribution in [2.24, 2.45) is 0 Å². The molecule has 2 N–H and O–H groups in total. The third-order valence-electron chi connectivity index (χ3n) is 8.64. The van der Waals surface area contributed by atoms with Crippen LogP contribution in [-0.2, 0) is 16.6 Å². The molecule has 210 valence electrons. The van der Waals surface area contributed by atoms with E-state index in [0.717, 1.165) is 48.6 Å². The minimum atomic E-state index is -0.661. The van der Waals surface area contributed by atoms with Crippen LogP contribution in [0.1, 0.15) is 94.6 Å². The number of rotatable bonds is 14. The van der Waals surface area contributed by atoms with Crippen molar-refractivity contribution in [1.29, 1.82) is 0 Å². The lowest BCUT2D eigenvalue weighted by molar-refractivity contribution is 0.162. The van der Waals surface area contributed by atoms with Gasteiger partial charge in [-0.3, -0.25) is 4.90 Å². The van der Waals surface area contributed by atoms with Gasteiger partial charge in [-0.25, -0.2) is 0 Å². The molecule has 4 rings (SSSR count). The Morgan fingerprint density at radius 3 is 2.26 bits per heavy atom. The number of nitrogens with zero attached hydrogens (tertiary/aromatic N) is 1. The van der Waals surface area contributed by atoms with Crippen LogP contribution in [0, 0.1) is 0 Å². The first-order valence-electron chi connectivity index (χ1n) is 14.8. The number of fused-ring (bicyclic) bond motifs is 1. The van der Waals surface area contributed by atoms with Gasteiger partial charge in [0.25, 0.3) is 0 Å². The van der Waals surface area contributed by atoms with Gasteiger partial charge >= 0.3 is 0 Å². The lowest BCUT2D eigenvalue weighted by atomic mass is 9.66. The molecule has 2 heterocycles. The Labute approximate surface area is 232 Å². The molecular weight excluding hydrogens is 494 g/mol. The second kappa shape index (κ2) is 14.5. The maximum atomic E-state index is 12.3.